The summed E-state index contributed by atoms with van der Waals surface area (Å²) in [5.74, 6) is -0.790. The smallest absolute Gasteiger partial charge is 0.262 e. The molecule has 3 aliphatic rings. The molecule has 3 atom stereocenters. The lowest BCUT2D eigenvalue weighted by Crippen LogP contribution is -2.59. The van der Waals surface area contributed by atoms with E-state index in [1.807, 2.05) is 24.3 Å². The summed E-state index contributed by atoms with van der Waals surface area (Å²) in [6.07, 6.45) is 0.722. The van der Waals surface area contributed by atoms with E-state index in [4.69, 9.17) is 0 Å². The molecule has 0 radical (unpaired) electrons. The molecule has 1 saturated carbocycles. The van der Waals surface area contributed by atoms with E-state index in [2.05, 4.69) is 0 Å². The van der Waals surface area contributed by atoms with Crippen LogP contribution in [0.5, 0.6) is 0 Å². The zero-order valence-corrected chi connectivity index (χ0v) is 12.2. The van der Waals surface area contributed by atoms with Gasteiger partial charge in [-0.2, -0.15) is 0 Å². The van der Waals surface area contributed by atoms with Crippen molar-refractivity contribution in [2.75, 3.05) is 0 Å². The number of amides is 2. The lowest BCUT2D eigenvalue weighted by Gasteiger charge is -2.43. The molecule has 1 fully saturated rings. The van der Waals surface area contributed by atoms with E-state index in [0.717, 1.165) is 17.5 Å². The number of benzene rings is 2. The summed E-state index contributed by atoms with van der Waals surface area (Å²) >= 11 is 0. The molecule has 0 aromatic heterocycles. The quantitative estimate of drug-likeness (QED) is 0.759. The fraction of sp³-hybridized carbons (Fsp3) is 0.211. The van der Waals surface area contributed by atoms with Gasteiger partial charge in [-0.25, -0.2) is 0 Å². The number of Topliss-reactive ketones (excluding diaryl/α,β-unsaturated/α-hetero) is 1. The largest absolute Gasteiger partial charge is 0.297 e. The fourth-order valence-electron chi connectivity index (χ4n) is 4.32. The number of nitrogens with zero attached hydrogens (tertiary/aromatic N) is 1. The van der Waals surface area contributed by atoms with Crippen LogP contribution in [-0.2, 0) is 11.2 Å². The zero-order chi connectivity index (χ0) is 15.7. The van der Waals surface area contributed by atoms with Gasteiger partial charge in [0.2, 0.25) is 0 Å². The molecule has 1 heterocycles. The van der Waals surface area contributed by atoms with Crippen LogP contribution >= 0.6 is 0 Å². The summed E-state index contributed by atoms with van der Waals surface area (Å²) in [7, 11) is 0. The second-order valence-corrected chi connectivity index (χ2v) is 6.41. The van der Waals surface area contributed by atoms with Crippen LogP contribution in [0.25, 0.3) is 0 Å². The number of carbonyl (C=O) groups is 3. The first-order valence-electron chi connectivity index (χ1n) is 7.77. The van der Waals surface area contributed by atoms with Gasteiger partial charge in [-0.3, -0.25) is 19.3 Å². The van der Waals surface area contributed by atoms with Crippen LogP contribution in [0.2, 0.25) is 0 Å². The maximum absolute atomic E-state index is 12.6. The molecule has 2 aromatic rings. The minimum atomic E-state index is -0.643. The van der Waals surface area contributed by atoms with Gasteiger partial charge in [-0.05, 0) is 29.7 Å². The van der Waals surface area contributed by atoms with E-state index in [0.29, 0.717) is 11.1 Å². The van der Waals surface area contributed by atoms with E-state index in [1.165, 1.54) is 4.90 Å². The molecule has 2 aromatic carbocycles. The van der Waals surface area contributed by atoms with E-state index in [-0.39, 0.29) is 29.4 Å². The number of fused-ring (bicyclic) bond motifs is 4. The van der Waals surface area contributed by atoms with Crippen molar-refractivity contribution < 1.29 is 14.4 Å². The number of hydrogen-bond donors (Lipinski definition) is 0. The molecule has 1 aliphatic heterocycles. The topological polar surface area (TPSA) is 54.5 Å². The molecule has 4 heteroatoms. The second-order valence-electron chi connectivity index (χ2n) is 6.41. The summed E-state index contributed by atoms with van der Waals surface area (Å²) in [6, 6.07) is 14.1. The normalized spacial score (nSPS) is 27.6. The zero-order valence-electron chi connectivity index (χ0n) is 12.2. The van der Waals surface area contributed by atoms with Gasteiger partial charge in [-0.15, -0.1) is 0 Å². The highest BCUT2D eigenvalue weighted by molar-refractivity contribution is 6.23. The molecule has 0 saturated heterocycles. The van der Waals surface area contributed by atoms with Crippen LogP contribution in [0, 0.1) is 5.92 Å². The second kappa shape index (κ2) is 4.16. The molecular formula is C19H13NO3. The van der Waals surface area contributed by atoms with E-state index >= 15 is 0 Å². The van der Waals surface area contributed by atoms with Gasteiger partial charge >= 0.3 is 0 Å². The van der Waals surface area contributed by atoms with Gasteiger partial charge in [0.05, 0.1) is 11.1 Å². The molecule has 0 spiro atoms. The van der Waals surface area contributed by atoms with Gasteiger partial charge in [-0.1, -0.05) is 36.4 Å². The van der Waals surface area contributed by atoms with Crippen molar-refractivity contribution >= 4 is 17.6 Å². The molecule has 0 unspecified atom stereocenters. The van der Waals surface area contributed by atoms with E-state index in [9.17, 15) is 14.4 Å². The Morgan fingerprint density at radius 2 is 1.43 bits per heavy atom. The summed E-state index contributed by atoms with van der Waals surface area (Å²) in [4.78, 5) is 39.1. The van der Waals surface area contributed by atoms with Crippen LogP contribution in [0.15, 0.2) is 48.5 Å². The Hall–Kier alpha value is -2.75. The Bertz CT molecular complexity index is 866. The first kappa shape index (κ1) is 12.8. The molecule has 2 amide bonds. The lowest BCUT2D eigenvalue weighted by molar-refractivity contribution is -0.137. The highest BCUT2D eigenvalue weighted by atomic mass is 16.2. The molecular weight excluding hydrogens is 290 g/mol. The summed E-state index contributed by atoms with van der Waals surface area (Å²) in [5.41, 5.74) is 3.08. The molecule has 0 bridgehead atoms. The Morgan fingerprint density at radius 3 is 2.13 bits per heavy atom. The first-order valence-corrected chi connectivity index (χ1v) is 7.77. The molecule has 0 N–H and O–H groups in total. The minimum Gasteiger partial charge on any atom is -0.297 e. The summed E-state index contributed by atoms with van der Waals surface area (Å²) in [6.45, 7) is 0. The molecule has 5 rings (SSSR count). The third-order valence-corrected chi connectivity index (χ3v) is 5.39. The fourth-order valence-corrected chi connectivity index (χ4v) is 4.32. The van der Waals surface area contributed by atoms with Crippen molar-refractivity contribution in [2.24, 2.45) is 5.92 Å². The number of hydrogen-bond acceptors (Lipinski definition) is 3. The van der Waals surface area contributed by atoms with Crippen LogP contribution in [-0.4, -0.2) is 28.5 Å². The monoisotopic (exact) mass is 303 g/mol. The van der Waals surface area contributed by atoms with Crippen LogP contribution in [0.4, 0.5) is 0 Å². The Labute approximate surface area is 132 Å². The first-order chi connectivity index (χ1) is 11.2. The molecule has 112 valence electrons. The predicted octanol–water partition coefficient (Wildman–Crippen LogP) is 2.19. The average Bonchev–Trinajstić information content (AvgIpc) is 3.04. The third kappa shape index (κ3) is 1.43. The van der Waals surface area contributed by atoms with Gasteiger partial charge in [0.15, 0.2) is 5.78 Å². The minimum absolute atomic E-state index is 0.0145. The molecule has 4 nitrogen and oxygen atoms in total. The Morgan fingerprint density at radius 1 is 0.826 bits per heavy atom. The van der Waals surface area contributed by atoms with E-state index in [1.54, 1.807) is 24.3 Å². The SMILES string of the molecule is O=C1[C@H]2Cc3ccccc3[C@H]2[C@H]1N1C(=O)c2ccccc2C1=O. The van der Waals surface area contributed by atoms with Crippen LogP contribution in [0.3, 0.4) is 0 Å². The Kier molecular flexibility index (Phi) is 2.31. The highest BCUT2D eigenvalue weighted by Crippen LogP contribution is 2.52. The maximum Gasteiger partial charge on any atom is 0.262 e. The van der Waals surface area contributed by atoms with Crippen LogP contribution < -0.4 is 0 Å². The lowest BCUT2D eigenvalue weighted by atomic mass is 9.67. The van der Waals surface area contributed by atoms with Crippen molar-refractivity contribution in [1.29, 1.82) is 0 Å². The molecule has 23 heavy (non-hydrogen) atoms. The summed E-state index contributed by atoms with van der Waals surface area (Å²) < 4.78 is 0. The summed E-state index contributed by atoms with van der Waals surface area (Å²) in [5, 5.41) is 0. The Balaban J connectivity index is 1.58. The maximum atomic E-state index is 12.6. The number of ketones is 1. The standard InChI is InChI=1S/C19H13NO3/c21-17-14-9-10-5-1-2-6-11(10)15(14)16(17)20-18(22)12-7-3-4-8-13(12)19(20)23/h1-8,14-16H,9H2/t14-,15+,16+/m0/s1. The van der Waals surface area contributed by atoms with Crippen molar-refractivity contribution in [1.82, 2.24) is 4.90 Å². The van der Waals surface area contributed by atoms with Gasteiger partial charge < -0.3 is 0 Å². The van der Waals surface area contributed by atoms with Crippen molar-refractivity contribution in [3.8, 4) is 0 Å². The predicted molar refractivity (Wildman–Crippen MR) is 82.1 cm³/mol. The third-order valence-electron chi connectivity index (χ3n) is 5.39. The highest BCUT2D eigenvalue weighted by Gasteiger charge is 2.60. The van der Waals surface area contributed by atoms with Gasteiger partial charge in [0.1, 0.15) is 6.04 Å². The van der Waals surface area contributed by atoms with E-state index < -0.39 is 6.04 Å². The number of carbonyl (C=O) groups excluding carboxylic acids is 3. The van der Waals surface area contributed by atoms with Crippen molar-refractivity contribution in [3.63, 3.8) is 0 Å². The van der Waals surface area contributed by atoms with Gasteiger partial charge in [0, 0.05) is 11.8 Å². The van der Waals surface area contributed by atoms with Crippen LogP contribution in [0.1, 0.15) is 37.8 Å². The van der Waals surface area contributed by atoms with Crippen molar-refractivity contribution in [2.45, 2.75) is 18.4 Å². The number of imide groups is 1. The number of rotatable bonds is 1. The van der Waals surface area contributed by atoms with Gasteiger partial charge in [0.25, 0.3) is 11.8 Å². The average molecular weight is 303 g/mol. The molecule has 2 aliphatic carbocycles. The van der Waals surface area contributed by atoms with Crippen molar-refractivity contribution in [3.05, 3.63) is 70.8 Å².